The summed E-state index contributed by atoms with van der Waals surface area (Å²) in [5.41, 5.74) is 0. The smallest absolute Gasteiger partial charge is 0.242 e. The number of hydrogen-bond donors (Lipinski definition) is 2. The van der Waals surface area contributed by atoms with Gasteiger partial charge in [-0.25, -0.2) is 13.1 Å². The highest BCUT2D eigenvalue weighted by molar-refractivity contribution is 9.11. The van der Waals surface area contributed by atoms with Crippen molar-refractivity contribution in [3.63, 3.8) is 0 Å². The van der Waals surface area contributed by atoms with Crippen molar-refractivity contribution in [2.75, 3.05) is 26.2 Å². The predicted molar refractivity (Wildman–Crippen MR) is 78.8 cm³/mol. The highest BCUT2D eigenvalue weighted by Gasteiger charge is 2.21. The Labute approximate surface area is 125 Å². The number of aliphatic hydroxyl groups is 1. The van der Waals surface area contributed by atoms with Gasteiger partial charge in [-0.3, -0.25) is 0 Å². The number of rotatable bonds is 6. The van der Waals surface area contributed by atoms with E-state index in [4.69, 9.17) is 5.11 Å². The molecule has 2 heterocycles. The topological polar surface area (TPSA) is 69.6 Å². The molecule has 108 valence electrons. The van der Waals surface area contributed by atoms with E-state index in [-0.39, 0.29) is 11.5 Å². The van der Waals surface area contributed by atoms with Gasteiger partial charge in [0.25, 0.3) is 0 Å². The van der Waals surface area contributed by atoms with Crippen LogP contribution in [0.25, 0.3) is 0 Å². The van der Waals surface area contributed by atoms with Gasteiger partial charge in [-0.15, -0.1) is 11.3 Å². The number of nitrogens with one attached hydrogen (secondary N) is 1. The van der Waals surface area contributed by atoms with Crippen molar-refractivity contribution in [1.82, 2.24) is 9.62 Å². The van der Waals surface area contributed by atoms with Gasteiger partial charge in [0.05, 0.1) is 10.4 Å². The van der Waals surface area contributed by atoms with Gasteiger partial charge in [0.15, 0.2) is 0 Å². The molecule has 0 unspecified atom stereocenters. The number of likely N-dealkylation sites (tertiary alicyclic amines) is 1. The van der Waals surface area contributed by atoms with E-state index in [9.17, 15) is 8.42 Å². The molecule has 0 aromatic carbocycles. The minimum Gasteiger partial charge on any atom is -0.391 e. The molecule has 1 saturated heterocycles. The van der Waals surface area contributed by atoms with Crippen molar-refractivity contribution in [2.24, 2.45) is 0 Å². The van der Waals surface area contributed by atoms with Gasteiger partial charge in [-0.2, -0.15) is 0 Å². The van der Waals surface area contributed by atoms with Crippen LogP contribution in [0.5, 0.6) is 0 Å². The third kappa shape index (κ3) is 3.99. The summed E-state index contributed by atoms with van der Waals surface area (Å²) in [6.45, 7) is 3.12. The van der Waals surface area contributed by atoms with Crippen LogP contribution in [0, 0.1) is 0 Å². The maximum atomic E-state index is 12.1. The van der Waals surface area contributed by atoms with E-state index in [0.717, 1.165) is 19.6 Å². The summed E-state index contributed by atoms with van der Waals surface area (Å²) < 4.78 is 27.4. The first-order valence-electron chi connectivity index (χ1n) is 6.14. The molecule has 0 saturated carbocycles. The van der Waals surface area contributed by atoms with Gasteiger partial charge in [-0.05, 0) is 47.9 Å². The highest BCUT2D eigenvalue weighted by Crippen LogP contribution is 2.31. The molecule has 1 aromatic heterocycles. The van der Waals surface area contributed by atoms with E-state index >= 15 is 0 Å². The van der Waals surface area contributed by atoms with Gasteiger partial charge in [0.2, 0.25) is 10.0 Å². The lowest BCUT2D eigenvalue weighted by atomic mass is 10.4. The second-order valence-corrected chi connectivity index (χ2v) is 8.65. The molecule has 1 fully saturated rings. The molecule has 0 amide bonds. The Morgan fingerprint density at radius 2 is 2.11 bits per heavy atom. The molecule has 0 aliphatic carbocycles. The van der Waals surface area contributed by atoms with E-state index in [0.29, 0.717) is 15.2 Å². The standard InChI is InChI=1S/C11H17BrN2O3S2/c12-11-10(7-9(8-15)18-11)19(16,17)13-3-6-14-4-1-2-5-14/h7,13,15H,1-6,8H2. The molecule has 1 aromatic rings. The number of hydrogen-bond acceptors (Lipinski definition) is 5. The lowest BCUT2D eigenvalue weighted by Crippen LogP contribution is -2.33. The van der Waals surface area contributed by atoms with Crippen LogP contribution < -0.4 is 4.72 Å². The van der Waals surface area contributed by atoms with Crippen molar-refractivity contribution in [3.05, 3.63) is 14.7 Å². The fraction of sp³-hybridized carbons (Fsp3) is 0.636. The van der Waals surface area contributed by atoms with Gasteiger partial charge in [0, 0.05) is 18.0 Å². The quantitative estimate of drug-likeness (QED) is 0.795. The SMILES string of the molecule is O=S(=O)(NCCN1CCCC1)c1cc(CO)sc1Br. The van der Waals surface area contributed by atoms with E-state index in [1.165, 1.54) is 30.2 Å². The average Bonchev–Trinajstić information content (AvgIpc) is 2.98. The van der Waals surface area contributed by atoms with Crippen LogP contribution in [0.3, 0.4) is 0 Å². The zero-order chi connectivity index (χ0) is 13.9. The maximum absolute atomic E-state index is 12.1. The van der Waals surface area contributed by atoms with Crippen LogP contribution in [0.2, 0.25) is 0 Å². The summed E-state index contributed by atoms with van der Waals surface area (Å²) in [6, 6.07) is 1.51. The molecule has 0 atom stereocenters. The Kier molecular flexibility index (Phi) is 5.38. The second kappa shape index (κ2) is 6.64. The third-order valence-corrected chi connectivity index (χ3v) is 6.77. The van der Waals surface area contributed by atoms with Crippen molar-refractivity contribution in [3.8, 4) is 0 Å². The van der Waals surface area contributed by atoms with Gasteiger partial charge in [-0.1, -0.05) is 0 Å². The van der Waals surface area contributed by atoms with Crippen molar-refractivity contribution >= 4 is 37.3 Å². The normalized spacial score (nSPS) is 17.2. The number of halogens is 1. The molecule has 0 bridgehead atoms. The minimum atomic E-state index is -3.50. The number of aliphatic hydroxyl groups excluding tert-OH is 1. The fourth-order valence-corrected chi connectivity index (χ4v) is 5.64. The molecule has 0 spiro atoms. The summed E-state index contributed by atoms with van der Waals surface area (Å²) >= 11 is 4.47. The van der Waals surface area contributed by atoms with Crippen LogP contribution in [-0.2, 0) is 16.6 Å². The van der Waals surface area contributed by atoms with Crippen LogP contribution in [0.4, 0.5) is 0 Å². The lowest BCUT2D eigenvalue weighted by molar-refractivity contribution is 0.285. The van der Waals surface area contributed by atoms with Crippen LogP contribution in [-0.4, -0.2) is 44.6 Å². The maximum Gasteiger partial charge on any atom is 0.242 e. The summed E-state index contributed by atoms with van der Waals surface area (Å²) in [5.74, 6) is 0. The number of sulfonamides is 1. The third-order valence-electron chi connectivity index (χ3n) is 3.07. The first-order valence-corrected chi connectivity index (χ1v) is 9.23. The Balaban J connectivity index is 1.95. The van der Waals surface area contributed by atoms with E-state index in [2.05, 4.69) is 25.6 Å². The molecule has 0 radical (unpaired) electrons. The predicted octanol–water partition coefficient (Wildman–Crippen LogP) is 1.38. The van der Waals surface area contributed by atoms with E-state index in [1.54, 1.807) is 0 Å². The monoisotopic (exact) mass is 368 g/mol. The average molecular weight is 369 g/mol. The van der Waals surface area contributed by atoms with E-state index in [1.807, 2.05) is 0 Å². The Morgan fingerprint density at radius 3 is 2.68 bits per heavy atom. The molecule has 2 rings (SSSR count). The molecular formula is C11H17BrN2O3S2. The molecule has 2 N–H and O–H groups in total. The fourth-order valence-electron chi connectivity index (χ4n) is 2.08. The molecule has 19 heavy (non-hydrogen) atoms. The summed E-state index contributed by atoms with van der Waals surface area (Å²) in [6.07, 6.45) is 2.39. The largest absolute Gasteiger partial charge is 0.391 e. The number of nitrogens with zero attached hydrogens (tertiary/aromatic N) is 1. The van der Waals surface area contributed by atoms with E-state index < -0.39 is 10.0 Å². The molecule has 1 aliphatic rings. The van der Waals surface area contributed by atoms with Crippen LogP contribution in [0.1, 0.15) is 17.7 Å². The first kappa shape index (κ1) is 15.4. The highest BCUT2D eigenvalue weighted by atomic mass is 79.9. The molecule has 8 heteroatoms. The summed E-state index contributed by atoms with van der Waals surface area (Å²) in [7, 11) is -3.50. The van der Waals surface area contributed by atoms with Crippen molar-refractivity contribution in [1.29, 1.82) is 0 Å². The van der Waals surface area contributed by atoms with Gasteiger partial charge in [0.1, 0.15) is 4.90 Å². The van der Waals surface area contributed by atoms with Crippen molar-refractivity contribution in [2.45, 2.75) is 24.3 Å². The molecular weight excluding hydrogens is 352 g/mol. The van der Waals surface area contributed by atoms with Gasteiger partial charge < -0.3 is 10.0 Å². The minimum absolute atomic E-state index is 0.146. The molecule has 1 aliphatic heterocycles. The summed E-state index contributed by atoms with van der Waals surface area (Å²) in [4.78, 5) is 3.10. The van der Waals surface area contributed by atoms with Crippen molar-refractivity contribution < 1.29 is 13.5 Å². The Bertz CT molecular complexity index is 524. The zero-order valence-electron chi connectivity index (χ0n) is 10.4. The molecule has 5 nitrogen and oxygen atoms in total. The van der Waals surface area contributed by atoms with Gasteiger partial charge >= 0.3 is 0 Å². The zero-order valence-corrected chi connectivity index (χ0v) is 13.7. The lowest BCUT2D eigenvalue weighted by Gasteiger charge is -2.14. The first-order chi connectivity index (χ1) is 9.03. The van der Waals surface area contributed by atoms with Crippen LogP contribution >= 0.6 is 27.3 Å². The Morgan fingerprint density at radius 1 is 1.42 bits per heavy atom. The number of thiophene rings is 1. The second-order valence-electron chi connectivity index (χ2n) is 4.46. The summed E-state index contributed by atoms with van der Waals surface area (Å²) in [5, 5.41) is 9.03. The Hall–Kier alpha value is 0.01000. The van der Waals surface area contributed by atoms with Crippen LogP contribution in [0.15, 0.2) is 14.7 Å².